The van der Waals surface area contributed by atoms with Gasteiger partial charge in [0.1, 0.15) is 6.07 Å². The third kappa shape index (κ3) is 3.66. The first-order valence-electron chi connectivity index (χ1n) is 6.03. The Morgan fingerprint density at radius 3 is 2.78 bits per heavy atom. The molecule has 0 spiro atoms. The van der Waals surface area contributed by atoms with Gasteiger partial charge in [0.15, 0.2) is 0 Å². The number of thioether (sulfide) groups is 1. The van der Waals surface area contributed by atoms with Gasteiger partial charge in [-0.15, -0.1) is 0 Å². The van der Waals surface area contributed by atoms with Crippen molar-refractivity contribution in [3.8, 4) is 6.07 Å². The van der Waals surface area contributed by atoms with E-state index in [-0.39, 0.29) is 0 Å². The quantitative estimate of drug-likeness (QED) is 0.856. The van der Waals surface area contributed by atoms with Crippen LogP contribution in [-0.2, 0) is 6.54 Å². The summed E-state index contributed by atoms with van der Waals surface area (Å²) in [5, 5.41) is 12.4. The van der Waals surface area contributed by atoms with Gasteiger partial charge >= 0.3 is 0 Å². The van der Waals surface area contributed by atoms with E-state index in [0.29, 0.717) is 6.04 Å². The fourth-order valence-corrected chi connectivity index (χ4v) is 2.59. The molecule has 1 N–H and O–H groups in total. The smallest absolute Gasteiger partial charge is 0.101 e. The van der Waals surface area contributed by atoms with Gasteiger partial charge in [-0.1, -0.05) is 6.07 Å². The zero-order chi connectivity index (χ0) is 13.5. The van der Waals surface area contributed by atoms with Gasteiger partial charge in [-0.05, 0) is 37.9 Å². The molecule has 1 aromatic carbocycles. The van der Waals surface area contributed by atoms with Gasteiger partial charge in [-0.2, -0.15) is 17.0 Å². The monoisotopic (exact) mass is 263 g/mol. The van der Waals surface area contributed by atoms with Gasteiger partial charge in [0, 0.05) is 25.4 Å². The Labute approximate surface area is 114 Å². The standard InChI is InChI=1S/C14H21N3S/c1-11(10-18-4)17(3)14-6-5-12(9-16-2)7-13(14)8-15/h5-7,11,16H,9-10H2,1-4H3. The second-order valence-electron chi connectivity index (χ2n) is 4.41. The highest BCUT2D eigenvalue weighted by molar-refractivity contribution is 7.98. The Balaban J connectivity index is 2.98. The lowest BCUT2D eigenvalue weighted by atomic mass is 10.1. The third-order valence-corrected chi connectivity index (χ3v) is 3.83. The van der Waals surface area contributed by atoms with Gasteiger partial charge in [-0.25, -0.2) is 0 Å². The maximum absolute atomic E-state index is 9.27. The van der Waals surface area contributed by atoms with E-state index in [2.05, 4.69) is 42.6 Å². The number of nitriles is 1. The predicted molar refractivity (Wildman–Crippen MR) is 80.2 cm³/mol. The van der Waals surface area contributed by atoms with Crippen LogP contribution in [0.5, 0.6) is 0 Å². The van der Waals surface area contributed by atoms with E-state index in [1.165, 1.54) is 0 Å². The molecule has 1 unspecified atom stereocenters. The molecule has 0 amide bonds. The minimum Gasteiger partial charge on any atom is -0.370 e. The molecule has 0 aromatic heterocycles. The van der Waals surface area contributed by atoms with Crippen molar-refractivity contribution >= 4 is 17.4 Å². The molecule has 18 heavy (non-hydrogen) atoms. The highest BCUT2D eigenvalue weighted by Gasteiger charge is 2.13. The van der Waals surface area contributed by atoms with Gasteiger partial charge in [0.25, 0.3) is 0 Å². The Hall–Kier alpha value is -1.18. The van der Waals surface area contributed by atoms with E-state index in [1.807, 2.05) is 30.9 Å². The Kier molecular flexibility index (Phi) is 6.03. The first-order chi connectivity index (χ1) is 8.63. The minimum absolute atomic E-state index is 0.419. The predicted octanol–water partition coefficient (Wildman–Crippen LogP) is 2.47. The highest BCUT2D eigenvalue weighted by Crippen LogP contribution is 2.23. The summed E-state index contributed by atoms with van der Waals surface area (Å²) < 4.78 is 0. The second kappa shape index (κ2) is 7.30. The lowest BCUT2D eigenvalue weighted by Crippen LogP contribution is -2.31. The van der Waals surface area contributed by atoms with Crippen LogP contribution in [0.15, 0.2) is 18.2 Å². The molecule has 0 bridgehead atoms. The molecule has 0 aliphatic rings. The van der Waals surface area contributed by atoms with E-state index in [1.54, 1.807) is 0 Å². The van der Waals surface area contributed by atoms with E-state index < -0.39 is 0 Å². The van der Waals surface area contributed by atoms with Crippen LogP contribution >= 0.6 is 11.8 Å². The molecule has 1 rings (SSSR count). The Bertz CT molecular complexity index is 426. The molecule has 0 radical (unpaired) electrons. The molecule has 1 atom stereocenters. The SMILES string of the molecule is CNCc1ccc(N(C)C(C)CSC)c(C#N)c1. The van der Waals surface area contributed by atoms with Crippen LogP contribution in [0.25, 0.3) is 0 Å². The Morgan fingerprint density at radius 1 is 1.50 bits per heavy atom. The first-order valence-corrected chi connectivity index (χ1v) is 7.42. The van der Waals surface area contributed by atoms with Crippen molar-refractivity contribution in [2.24, 2.45) is 0 Å². The number of hydrogen-bond donors (Lipinski definition) is 1. The summed E-state index contributed by atoms with van der Waals surface area (Å²) in [4.78, 5) is 2.18. The van der Waals surface area contributed by atoms with Crippen LogP contribution in [0, 0.1) is 11.3 Å². The zero-order valence-corrected chi connectivity index (χ0v) is 12.3. The zero-order valence-electron chi connectivity index (χ0n) is 11.5. The number of rotatable bonds is 6. The number of hydrogen-bond acceptors (Lipinski definition) is 4. The second-order valence-corrected chi connectivity index (χ2v) is 5.32. The molecule has 4 heteroatoms. The van der Waals surface area contributed by atoms with Crippen molar-refractivity contribution in [2.75, 3.05) is 31.0 Å². The molecular formula is C14H21N3S. The minimum atomic E-state index is 0.419. The summed E-state index contributed by atoms with van der Waals surface area (Å²) in [5.74, 6) is 1.06. The summed E-state index contributed by atoms with van der Waals surface area (Å²) in [7, 11) is 3.96. The van der Waals surface area contributed by atoms with Crippen molar-refractivity contribution in [2.45, 2.75) is 19.5 Å². The van der Waals surface area contributed by atoms with Crippen LogP contribution in [0.2, 0.25) is 0 Å². The molecule has 0 fully saturated rings. The maximum Gasteiger partial charge on any atom is 0.101 e. The van der Waals surface area contributed by atoms with E-state index in [9.17, 15) is 5.26 Å². The summed E-state index contributed by atoms with van der Waals surface area (Å²) in [6.45, 7) is 2.97. The van der Waals surface area contributed by atoms with Crippen LogP contribution in [-0.4, -0.2) is 32.1 Å². The molecule has 3 nitrogen and oxygen atoms in total. The molecule has 98 valence electrons. The number of benzene rings is 1. The van der Waals surface area contributed by atoms with Crippen LogP contribution in [0.3, 0.4) is 0 Å². The molecule has 0 heterocycles. The molecule has 1 aromatic rings. The summed E-state index contributed by atoms with van der Waals surface area (Å²) in [5.41, 5.74) is 2.90. The van der Waals surface area contributed by atoms with Crippen molar-refractivity contribution in [3.05, 3.63) is 29.3 Å². The lowest BCUT2D eigenvalue weighted by Gasteiger charge is -2.27. The lowest BCUT2D eigenvalue weighted by molar-refractivity contribution is 0.763. The van der Waals surface area contributed by atoms with Gasteiger partial charge in [0.2, 0.25) is 0 Å². The molecule has 0 saturated carbocycles. The summed E-state index contributed by atoms with van der Waals surface area (Å²) in [6.07, 6.45) is 2.10. The average Bonchev–Trinajstić information content (AvgIpc) is 2.38. The van der Waals surface area contributed by atoms with E-state index >= 15 is 0 Å². The number of nitrogens with one attached hydrogen (secondary N) is 1. The highest BCUT2D eigenvalue weighted by atomic mass is 32.2. The maximum atomic E-state index is 9.27. The van der Waals surface area contributed by atoms with E-state index in [0.717, 1.165) is 29.1 Å². The normalized spacial score (nSPS) is 11.9. The largest absolute Gasteiger partial charge is 0.370 e. The van der Waals surface area contributed by atoms with Gasteiger partial charge in [0.05, 0.1) is 11.3 Å². The Morgan fingerprint density at radius 2 is 2.22 bits per heavy atom. The van der Waals surface area contributed by atoms with Crippen molar-refractivity contribution in [1.82, 2.24) is 5.32 Å². The fraction of sp³-hybridized carbons (Fsp3) is 0.500. The van der Waals surface area contributed by atoms with Crippen LogP contribution in [0.1, 0.15) is 18.1 Å². The number of nitrogens with zero attached hydrogens (tertiary/aromatic N) is 2. The number of anilines is 1. The van der Waals surface area contributed by atoms with Crippen molar-refractivity contribution in [1.29, 1.82) is 5.26 Å². The average molecular weight is 263 g/mol. The van der Waals surface area contributed by atoms with Crippen molar-refractivity contribution in [3.63, 3.8) is 0 Å². The van der Waals surface area contributed by atoms with Crippen LogP contribution in [0.4, 0.5) is 5.69 Å². The summed E-state index contributed by atoms with van der Waals surface area (Å²) >= 11 is 1.82. The molecule has 0 aliphatic heterocycles. The van der Waals surface area contributed by atoms with Gasteiger partial charge < -0.3 is 10.2 Å². The van der Waals surface area contributed by atoms with Gasteiger partial charge in [-0.3, -0.25) is 0 Å². The topological polar surface area (TPSA) is 39.1 Å². The first kappa shape index (κ1) is 14.9. The third-order valence-electron chi connectivity index (χ3n) is 3.01. The summed E-state index contributed by atoms with van der Waals surface area (Å²) in [6, 6.07) is 8.80. The van der Waals surface area contributed by atoms with E-state index in [4.69, 9.17) is 0 Å². The van der Waals surface area contributed by atoms with Crippen molar-refractivity contribution < 1.29 is 0 Å². The molecule has 0 saturated heterocycles. The van der Waals surface area contributed by atoms with Crippen LogP contribution < -0.4 is 10.2 Å². The molecular weight excluding hydrogens is 242 g/mol. The molecule has 0 aliphatic carbocycles. The fourth-order valence-electron chi connectivity index (χ4n) is 1.88.